The number of carbonyl (C=O) groups is 2. The third-order valence-electron chi connectivity index (χ3n) is 2.29. The number of nitrogens with one attached hydrogen (secondary N) is 1. The molecule has 0 aliphatic carbocycles. The molecule has 4 N–H and O–H groups in total. The van der Waals surface area contributed by atoms with E-state index in [0.29, 0.717) is 12.0 Å². The van der Waals surface area contributed by atoms with Crippen molar-refractivity contribution in [1.82, 2.24) is 5.32 Å². The van der Waals surface area contributed by atoms with Gasteiger partial charge in [0, 0.05) is 19.0 Å². The van der Waals surface area contributed by atoms with Crippen LogP contribution in [0.2, 0.25) is 0 Å². The molecule has 0 aliphatic heterocycles. The average Bonchev–Trinajstić information content (AvgIpc) is 2.36. The van der Waals surface area contributed by atoms with Crippen LogP contribution in [0.25, 0.3) is 6.08 Å². The third-order valence-corrected chi connectivity index (χ3v) is 2.29. The van der Waals surface area contributed by atoms with Crippen LogP contribution in [-0.2, 0) is 9.59 Å². The highest BCUT2D eigenvalue weighted by molar-refractivity contribution is 5.91. The normalized spacial score (nSPS) is 10.5. The molecular formula is C13H15NO5. The Kier molecular flexibility index (Phi) is 5.40. The van der Waals surface area contributed by atoms with E-state index in [0.717, 1.165) is 0 Å². The molecule has 6 nitrogen and oxygen atoms in total. The zero-order valence-corrected chi connectivity index (χ0v) is 10.2. The van der Waals surface area contributed by atoms with E-state index >= 15 is 0 Å². The van der Waals surface area contributed by atoms with Crippen molar-refractivity contribution in [3.8, 4) is 11.5 Å². The summed E-state index contributed by atoms with van der Waals surface area (Å²) in [6, 6.07) is 4.19. The van der Waals surface area contributed by atoms with Crippen molar-refractivity contribution >= 4 is 18.0 Å². The van der Waals surface area contributed by atoms with E-state index in [1.165, 1.54) is 24.3 Å². The Balaban J connectivity index is 2.40. The Morgan fingerprint density at radius 2 is 1.95 bits per heavy atom. The molecule has 0 unspecified atom stereocenters. The standard InChI is InChI=1S/C13H15NO5/c15-10-5-3-9(8-11(10)16)4-6-12(17)14-7-1-2-13(18)19/h3-6,8,15-16H,1-2,7H2,(H,14,17)(H,18,19). The van der Waals surface area contributed by atoms with Crippen LogP contribution in [0.3, 0.4) is 0 Å². The van der Waals surface area contributed by atoms with Crippen molar-refractivity contribution in [2.45, 2.75) is 12.8 Å². The van der Waals surface area contributed by atoms with Crippen LogP contribution in [0.15, 0.2) is 24.3 Å². The van der Waals surface area contributed by atoms with Crippen molar-refractivity contribution in [1.29, 1.82) is 0 Å². The zero-order chi connectivity index (χ0) is 14.3. The number of aliphatic carboxylic acids is 1. The molecule has 0 heterocycles. The molecule has 1 amide bonds. The third kappa shape index (κ3) is 5.58. The quantitative estimate of drug-likeness (QED) is 0.350. The Morgan fingerprint density at radius 1 is 1.21 bits per heavy atom. The van der Waals surface area contributed by atoms with E-state index in [1.807, 2.05) is 0 Å². The summed E-state index contributed by atoms with van der Waals surface area (Å²) < 4.78 is 0. The largest absolute Gasteiger partial charge is 0.504 e. The SMILES string of the molecule is O=C(O)CCCNC(=O)C=Cc1ccc(O)c(O)c1. The fourth-order valence-electron chi connectivity index (χ4n) is 1.33. The molecule has 0 spiro atoms. The van der Waals surface area contributed by atoms with Gasteiger partial charge in [0.25, 0.3) is 0 Å². The van der Waals surface area contributed by atoms with Crippen molar-refractivity contribution in [3.63, 3.8) is 0 Å². The van der Waals surface area contributed by atoms with E-state index in [-0.39, 0.29) is 30.4 Å². The summed E-state index contributed by atoms with van der Waals surface area (Å²) >= 11 is 0. The summed E-state index contributed by atoms with van der Waals surface area (Å²) in [4.78, 5) is 21.6. The van der Waals surface area contributed by atoms with Gasteiger partial charge >= 0.3 is 5.97 Å². The van der Waals surface area contributed by atoms with Crippen LogP contribution in [0, 0.1) is 0 Å². The minimum Gasteiger partial charge on any atom is -0.504 e. The number of benzene rings is 1. The van der Waals surface area contributed by atoms with Gasteiger partial charge in [-0.1, -0.05) is 6.07 Å². The highest BCUT2D eigenvalue weighted by Gasteiger charge is 2.00. The Bertz CT molecular complexity index is 496. The van der Waals surface area contributed by atoms with E-state index in [4.69, 9.17) is 10.2 Å². The first-order valence-electron chi connectivity index (χ1n) is 5.68. The smallest absolute Gasteiger partial charge is 0.303 e. The van der Waals surface area contributed by atoms with Crippen LogP contribution in [0.1, 0.15) is 18.4 Å². The van der Waals surface area contributed by atoms with Gasteiger partial charge in [-0.15, -0.1) is 0 Å². The van der Waals surface area contributed by atoms with E-state index < -0.39 is 5.97 Å². The lowest BCUT2D eigenvalue weighted by molar-refractivity contribution is -0.137. The monoisotopic (exact) mass is 265 g/mol. The zero-order valence-electron chi connectivity index (χ0n) is 10.2. The van der Waals surface area contributed by atoms with Gasteiger partial charge in [-0.2, -0.15) is 0 Å². The summed E-state index contributed by atoms with van der Waals surface area (Å²) in [6.07, 6.45) is 3.13. The van der Waals surface area contributed by atoms with E-state index in [2.05, 4.69) is 5.32 Å². The lowest BCUT2D eigenvalue weighted by Gasteiger charge is -2.00. The number of carboxylic acid groups (broad SMARTS) is 1. The second kappa shape index (κ2) is 7.05. The van der Waals surface area contributed by atoms with Crippen LogP contribution >= 0.6 is 0 Å². The fraction of sp³-hybridized carbons (Fsp3) is 0.231. The number of carbonyl (C=O) groups excluding carboxylic acids is 1. The maximum Gasteiger partial charge on any atom is 0.303 e. The van der Waals surface area contributed by atoms with Gasteiger partial charge in [0.05, 0.1) is 0 Å². The molecule has 0 aliphatic rings. The second-order valence-corrected chi connectivity index (χ2v) is 3.87. The maximum absolute atomic E-state index is 11.4. The first-order chi connectivity index (χ1) is 8.99. The molecule has 1 rings (SSSR count). The van der Waals surface area contributed by atoms with Crippen molar-refractivity contribution in [3.05, 3.63) is 29.8 Å². The predicted octanol–water partition coefficient (Wildman–Crippen LogP) is 1.09. The minimum absolute atomic E-state index is 0.00975. The number of rotatable bonds is 6. The molecule has 1 aromatic rings. The molecule has 0 fully saturated rings. The Labute approximate surface area is 110 Å². The van der Waals surface area contributed by atoms with Crippen molar-refractivity contribution < 1.29 is 24.9 Å². The summed E-state index contributed by atoms with van der Waals surface area (Å²) in [5, 5.41) is 29.3. The Morgan fingerprint density at radius 3 is 2.58 bits per heavy atom. The highest BCUT2D eigenvalue weighted by Crippen LogP contribution is 2.25. The number of hydrogen-bond acceptors (Lipinski definition) is 4. The number of hydrogen-bond donors (Lipinski definition) is 4. The van der Waals surface area contributed by atoms with Crippen LogP contribution in [0.4, 0.5) is 0 Å². The molecule has 0 saturated heterocycles. The number of phenolic OH excluding ortho intramolecular Hbond substituents is 2. The van der Waals surface area contributed by atoms with Crippen molar-refractivity contribution in [2.24, 2.45) is 0 Å². The number of phenols is 2. The molecule has 102 valence electrons. The summed E-state index contributed by atoms with van der Waals surface area (Å²) in [7, 11) is 0. The van der Waals surface area contributed by atoms with Gasteiger partial charge in [-0.05, 0) is 30.2 Å². The fourth-order valence-corrected chi connectivity index (χ4v) is 1.33. The lowest BCUT2D eigenvalue weighted by atomic mass is 10.2. The van der Waals surface area contributed by atoms with Gasteiger partial charge in [0.1, 0.15) is 0 Å². The highest BCUT2D eigenvalue weighted by atomic mass is 16.4. The van der Waals surface area contributed by atoms with Gasteiger partial charge in [0.2, 0.25) is 5.91 Å². The second-order valence-electron chi connectivity index (χ2n) is 3.87. The predicted molar refractivity (Wildman–Crippen MR) is 68.7 cm³/mol. The lowest BCUT2D eigenvalue weighted by Crippen LogP contribution is -2.22. The molecule has 0 bridgehead atoms. The number of carboxylic acids is 1. The first kappa shape index (κ1) is 14.6. The molecule has 6 heteroatoms. The molecule has 0 atom stereocenters. The van der Waals surface area contributed by atoms with Crippen LogP contribution in [0.5, 0.6) is 11.5 Å². The number of amides is 1. The molecule has 0 saturated carbocycles. The maximum atomic E-state index is 11.4. The van der Waals surface area contributed by atoms with Gasteiger partial charge in [0.15, 0.2) is 11.5 Å². The van der Waals surface area contributed by atoms with Gasteiger partial charge in [-0.3, -0.25) is 9.59 Å². The topological polar surface area (TPSA) is 107 Å². The summed E-state index contributed by atoms with van der Waals surface area (Å²) in [6.45, 7) is 0.288. The van der Waals surface area contributed by atoms with E-state index in [9.17, 15) is 14.7 Å². The van der Waals surface area contributed by atoms with Crippen molar-refractivity contribution in [2.75, 3.05) is 6.54 Å². The molecule has 19 heavy (non-hydrogen) atoms. The Hall–Kier alpha value is -2.50. The summed E-state index contributed by atoms with van der Waals surface area (Å²) in [5.41, 5.74) is 0.566. The minimum atomic E-state index is -0.899. The molecular weight excluding hydrogens is 250 g/mol. The van der Waals surface area contributed by atoms with Gasteiger partial charge in [-0.25, -0.2) is 0 Å². The molecule has 0 aromatic heterocycles. The van der Waals surface area contributed by atoms with Crippen LogP contribution < -0.4 is 5.32 Å². The first-order valence-corrected chi connectivity index (χ1v) is 5.68. The molecule has 1 aromatic carbocycles. The average molecular weight is 265 g/mol. The summed E-state index contributed by atoms with van der Waals surface area (Å²) in [5.74, 6) is -1.73. The molecule has 0 radical (unpaired) electrons. The van der Waals surface area contributed by atoms with Crippen LogP contribution in [-0.4, -0.2) is 33.7 Å². The van der Waals surface area contributed by atoms with E-state index in [1.54, 1.807) is 6.07 Å². The number of aromatic hydroxyl groups is 2. The van der Waals surface area contributed by atoms with Gasteiger partial charge < -0.3 is 20.6 Å².